The number of piperazine rings is 1. The van der Waals surface area contributed by atoms with Crippen molar-refractivity contribution in [3.8, 4) is 11.4 Å². The number of aromatic nitrogens is 4. The third-order valence-electron chi connectivity index (χ3n) is 5.40. The maximum Gasteiger partial charge on any atom is 0.261 e. The van der Waals surface area contributed by atoms with Gasteiger partial charge in [0.1, 0.15) is 5.69 Å². The fourth-order valence-corrected chi connectivity index (χ4v) is 4.40. The number of carbonyl (C=O) groups is 2. The van der Waals surface area contributed by atoms with Crippen molar-refractivity contribution in [2.75, 3.05) is 24.5 Å². The molecule has 0 bridgehead atoms. The smallest absolute Gasteiger partial charge is 0.261 e. The van der Waals surface area contributed by atoms with Gasteiger partial charge in [0, 0.05) is 25.4 Å². The van der Waals surface area contributed by atoms with E-state index in [-0.39, 0.29) is 30.5 Å². The lowest BCUT2D eigenvalue weighted by atomic mass is 10.2. The molecule has 5 rings (SSSR count). The van der Waals surface area contributed by atoms with Gasteiger partial charge in [-0.15, -0.1) is 16.4 Å². The molecule has 11 heteroatoms. The van der Waals surface area contributed by atoms with Crippen molar-refractivity contribution in [1.82, 2.24) is 30.2 Å². The summed E-state index contributed by atoms with van der Waals surface area (Å²) in [6, 6.07) is 14.1. The highest BCUT2D eigenvalue weighted by molar-refractivity contribution is 7.12. The Morgan fingerprint density at radius 1 is 1.12 bits per heavy atom. The zero-order chi connectivity index (χ0) is 23.5. The Labute approximate surface area is 198 Å². The van der Waals surface area contributed by atoms with Crippen molar-refractivity contribution in [2.45, 2.75) is 6.54 Å². The molecule has 2 amide bonds. The highest BCUT2D eigenvalue weighted by Crippen LogP contribution is 2.27. The summed E-state index contributed by atoms with van der Waals surface area (Å²) in [4.78, 5) is 39.2. The summed E-state index contributed by atoms with van der Waals surface area (Å²) < 4.78 is 3.16. The standard InChI is InChI=1S/C23H21N7O3S/c31-21-15-28(10-8-24-21)19-12-17(29-9-2-1-5-22(29)32)6-7-18(19)30-14-16(26-27-30)13-25-23(33)20-4-3-11-34-20/h1-7,9,11-12,14H,8,10,13,15H2,(H,24,31)(H,25,33). The van der Waals surface area contributed by atoms with Crippen molar-refractivity contribution < 1.29 is 9.59 Å². The maximum absolute atomic E-state index is 12.4. The van der Waals surface area contributed by atoms with Gasteiger partial charge in [-0.2, -0.15) is 0 Å². The topological polar surface area (TPSA) is 114 Å². The van der Waals surface area contributed by atoms with Gasteiger partial charge in [0.25, 0.3) is 11.5 Å². The lowest BCUT2D eigenvalue weighted by Crippen LogP contribution is -2.48. The molecule has 4 aromatic rings. The van der Waals surface area contributed by atoms with E-state index in [1.165, 1.54) is 17.4 Å². The molecule has 4 heterocycles. The fourth-order valence-electron chi connectivity index (χ4n) is 3.76. The molecule has 34 heavy (non-hydrogen) atoms. The van der Waals surface area contributed by atoms with Crippen LogP contribution < -0.4 is 21.1 Å². The number of anilines is 1. The van der Waals surface area contributed by atoms with Crippen LogP contribution in [0.3, 0.4) is 0 Å². The molecule has 1 aliphatic heterocycles. The first-order valence-corrected chi connectivity index (χ1v) is 11.5. The van der Waals surface area contributed by atoms with E-state index in [2.05, 4.69) is 20.9 Å². The summed E-state index contributed by atoms with van der Waals surface area (Å²) in [6.07, 6.45) is 3.44. The van der Waals surface area contributed by atoms with Crippen LogP contribution in [-0.4, -0.2) is 51.0 Å². The number of pyridine rings is 1. The molecule has 0 aliphatic carbocycles. The van der Waals surface area contributed by atoms with Crippen LogP contribution in [0.5, 0.6) is 0 Å². The zero-order valence-electron chi connectivity index (χ0n) is 18.0. The summed E-state index contributed by atoms with van der Waals surface area (Å²) in [5.41, 5.74) is 2.59. The van der Waals surface area contributed by atoms with Gasteiger partial charge in [0.15, 0.2) is 0 Å². The minimum absolute atomic E-state index is 0.0740. The van der Waals surface area contributed by atoms with E-state index in [4.69, 9.17) is 0 Å². The average molecular weight is 476 g/mol. The first-order valence-electron chi connectivity index (χ1n) is 10.7. The van der Waals surface area contributed by atoms with Gasteiger partial charge in [-0.25, -0.2) is 4.68 Å². The van der Waals surface area contributed by atoms with Crippen molar-refractivity contribution in [3.63, 3.8) is 0 Å². The van der Waals surface area contributed by atoms with E-state index >= 15 is 0 Å². The number of hydrogen-bond acceptors (Lipinski definition) is 7. The first kappa shape index (κ1) is 21.6. The Kier molecular flexibility index (Phi) is 5.91. The Balaban J connectivity index is 1.46. The molecular weight excluding hydrogens is 454 g/mol. The van der Waals surface area contributed by atoms with Crippen LogP contribution in [-0.2, 0) is 11.3 Å². The third-order valence-corrected chi connectivity index (χ3v) is 6.27. The molecule has 172 valence electrons. The molecule has 1 aliphatic rings. The largest absolute Gasteiger partial charge is 0.359 e. The van der Waals surface area contributed by atoms with Crippen LogP contribution in [0.2, 0.25) is 0 Å². The van der Waals surface area contributed by atoms with E-state index in [0.29, 0.717) is 35.0 Å². The van der Waals surface area contributed by atoms with Gasteiger partial charge in [-0.05, 0) is 35.7 Å². The number of benzene rings is 1. The van der Waals surface area contributed by atoms with Crippen LogP contribution in [0.25, 0.3) is 11.4 Å². The van der Waals surface area contributed by atoms with Gasteiger partial charge in [0.05, 0.1) is 41.2 Å². The zero-order valence-corrected chi connectivity index (χ0v) is 18.9. The van der Waals surface area contributed by atoms with Gasteiger partial charge in [-0.1, -0.05) is 17.3 Å². The Morgan fingerprint density at radius 2 is 2.03 bits per heavy atom. The number of amides is 2. The molecule has 10 nitrogen and oxygen atoms in total. The molecule has 0 atom stereocenters. The second-order valence-electron chi connectivity index (χ2n) is 7.67. The number of rotatable bonds is 6. The molecular formula is C23H21N7O3S. The number of hydrogen-bond donors (Lipinski definition) is 2. The van der Waals surface area contributed by atoms with Crippen LogP contribution >= 0.6 is 11.3 Å². The summed E-state index contributed by atoms with van der Waals surface area (Å²) in [6.45, 7) is 1.56. The van der Waals surface area contributed by atoms with E-state index in [1.807, 2.05) is 34.5 Å². The lowest BCUT2D eigenvalue weighted by molar-refractivity contribution is -0.120. The van der Waals surface area contributed by atoms with Gasteiger partial charge >= 0.3 is 0 Å². The summed E-state index contributed by atoms with van der Waals surface area (Å²) in [5.74, 6) is -0.239. The molecule has 0 spiro atoms. The van der Waals surface area contributed by atoms with Crippen molar-refractivity contribution in [2.24, 2.45) is 0 Å². The monoisotopic (exact) mass is 475 g/mol. The van der Waals surface area contributed by atoms with E-state index in [9.17, 15) is 14.4 Å². The second kappa shape index (κ2) is 9.32. The van der Waals surface area contributed by atoms with E-state index in [1.54, 1.807) is 39.8 Å². The molecule has 0 unspecified atom stereocenters. The molecule has 0 radical (unpaired) electrons. The average Bonchev–Trinajstić information content (AvgIpc) is 3.55. The summed E-state index contributed by atoms with van der Waals surface area (Å²) >= 11 is 1.37. The van der Waals surface area contributed by atoms with Crippen LogP contribution in [0.1, 0.15) is 15.4 Å². The van der Waals surface area contributed by atoms with Crippen molar-refractivity contribution in [1.29, 1.82) is 0 Å². The summed E-state index contributed by atoms with van der Waals surface area (Å²) in [5, 5.41) is 16.0. The third kappa shape index (κ3) is 4.46. The Hall–Kier alpha value is -4.25. The maximum atomic E-state index is 12.4. The lowest BCUT2D eigenvalue weighted by Gasteiger charge is -2.30. The van der Waals surface area contributed by atoms with Crippen LogP contribution in [0.15, 0.2) is 71.1 Å². The predicted octanol–water partition coefficient (Wildman–Crippen LogP) is 1.35. The number of nitrogens with zero attached hydrogens (tertiary/aromatic N) is 5. The van der Waals surface area contributed by atoms with Gasteiger partial charge in [-0.3, -0.25) is 19.0 Å². The number of thiophene rings is 1. The fraction of sp³-hybridized carbons (Fsp3) is 0.174. The Morgan fingerprint density at radius 3 is 2.82 bits per heavy atom. The molecule has 1 fully saturated rings. The Bertz CT molecular complexity index is 1390. The van der Waals surface area contributed by atoms with E-state index < -0.39 is 0 Å². The predicted molar refractivity (Wildman–Crippen MR) is 128 cm³/mol. The van der Waals surface area contributed by atoms with Gasteiger partial charge < -0.3 is 15.5 Å². The van der Waals surface area contributed by atoms with Crippen molar-refractivity contribution in [3.05, 3.63) is 87.2 Å². The molecule has 3 aromatic heterocycles. The number of nitrogens with one attached hydrogen (secondary N) is 2. The molecule has 1 aromatic carbocycles. The normalized spacial score (nSPS) is 13.5. The number of carbonyl (C=O) groups excluding carboxylic acids is 2. The molecule has 1 saturated heterocycles. The van der Waals surface area contributed by atoms with Crippen molar-refractivity contribution >= 4 is 28.8 Å². The summed E-state index contributed by atoms with van der Waals surface area (Å²) in [7, 11) is 0. The SMILES string of the molecule is O=C1CN(c2cc(-n3ccccc3=O)ccc2-n2cc(CNC(=O)c3cccs3)nn2)CCN1. The molecule has 0 saturated carbocycles. The highest BCUT2D eigenvalue weighted by atomic mass is 32.1. The van der Waals surface area contributed by atoms with Gasteiger partial charge in [0.2, 0.25) is 5.91 Å². The van der Waals surface area contributed by atoms with Crippen LogP contribution in [0.4, 0.5) is 5.69 Å². The van der Waals surface area contributed by atoms with Crippen LogP contribution in [0, 0.1) is 0 Å². The van der Waals surface area contributed by atoms with E-state index in [0.717, 1.165) is 5.69 Å². The first-order chi connectivity index (χ1) is 16.6. The minimum Gasteiger partial charge on any atom is -0.359 e. The molecule has 2 N–H and O–H groups in total. The quantitative estimate of drug-likeness (QED) is 0.435. The second-order valence-corrected chi connectivity index (χ2v) is 8.62. The minimum atomic E-state index is -0.165. The highest BCUT2D eigenvalue weighted by Gasteiger charge is 2.21.